The number of aromatic hydroxyl groups is 2. The summed E-state index contributed by atoms with van der Waals surface area (Å²) >= 11 is 0. The van der Waals surface area contributed by atoms with Crippen LogP contribution in [0.15, 0.2) is 48.5 Å². The first kappa shape index (κ1) is 33.8. The summed E-state index contributed by atoms with van der Waals surface area (Å²) in [6.45, 7) is 3.58. The Balaban J connectivity index is 0.00000417. The molecule has 1 saturated heterocycles. The Bertz CT molecular complexity index is 1650. The molecule has 246 valence electrons. The van der Waals surface area contributed by atoms with Gasteiger partial charge in [-0.1, -0.05) is 42.5 Å². The molecule has 7 atom stereocenters. The highest BCUT2D eigenvalue weighted by atomic mass is 35.5. The standard InChI is InChI=1S/C34H37NO10.ClH/c1-16-29(37)21(35-15-18-8-5-4-6-9-18)12-24(44-16)45-23-14-34(42,17(2)36)13-20-26(23)33(41)28-27(31(20)39)30(38)19-10-7-11-22(43-3)25(19)32(28)40;/h4-11,16-17,21,23-24,29,35-37,39,41-42H,12-15H2,1-3H3;1H. The molecule has 0 radical (unpaired) electrons. The van der Waals surface area contributed by atoms with E-state index in [1.54, 1.807) is 13.0 Å². The number of phenols is 2. The number of aliphatic hydroxyl groups excluding tert-OH is 2. The van der Waals surface area contributed by atoms with Crippen LogP contribution in [0.3, 0.4) is 0 Å². The van der Waals surface area contributed by atoms with E-state index in [0.717, 1.165) is 5.56 Å². The molecule has 0 bridgehead atoms. The van der Waals surface area contributed by atoms with Gasteiger partial charge in [0.15, 0.2) is 12.1 Å². The highest BCUT2D eigenvalue weighted by Gasteiger charge is 2.49. The third-order valence-electron chi connectivity index (χ3n) is 9.32. The predicted octanol–water partition coefficient (Wildman–Crippen LogP) is 3.07. The van der Waals surface area contributed by atoms with Gasteiger partial charge >= 0.3 is 0 Å². The molecule has 1 aliphatic heterocycles. The van der Waals surface area contributed by atoms with Crippen LogP contribution in [0.4, 0.5) is 0 Å². The van der Waals surface area contributed by atoms with Gasteiger partial charge in [0.2, 0.25) is 5.78 Å². The number of methoxy groups -OCH3 is 1. The largest absolute Gasteiger partial charge is 0.507 e. The van der Waals surface area contributed by atoms with Crippen LogP contribution in [0.2, 0.25) is 0 Å². The van der Waals surface area contributed by atoms with Gasteiger partial charge < -0.3 is 45.1 Å². The van der Waals surface area contributed by atoms with E-state index in [4.69, 9.17) is 14.2 Å². The molecule has 3 aromatic rings. The van der Waals surface area contributed by atoms with Crippen molar-refractivity contribution in [2.24, 2.45) is 0 Å². The summed E-state index contributed by atoms with van der Waals surface area (Å²) in [5, 5.41) is 59.6. The number of nitrogens with one attached hydrogen (secondary N) is 1. The zero-order valence-electron chi connectivity index (χ0n) is 25.6. The van der Waals surface area contributed by atoms with Crippen molar-refractivity contribution < 1.29 is 49.3 Å². The van der Waals surface area contributed by atoms with Gasteiger partial charge in [-0.2, -0.15) is 0 Å². The van der Waals surface area contributed by atoms with Gasteiger partial charge in [-0.3, -0.25) is 9.59 Å². The number of phenolic OH excluding ortho intramolecular Hbond substituents is 2. The smallest absolute Gasteiger partial charge is 0.202 e. The van der Waals surface area contributed by atoms with Crippen molar-refractivity contribution in [2.75, 3.05) is 7.11 Å². The Morgan fingerprint density at radius 3 is 2.39 bits per heavy atom. The Hall–Kier alpha value is -3.55. The molecule has 6 N–H and O–H groups in total. The van der Waals surface area contributed by atoms with E-state index < -0.39 is 65.4 Å². The maximum Gasteiger partial charge on any atom is 0.202 e. The normalized spacial score (nSPS) is 27.6. The van der Waals surface area contributed by atoms with Crippen molar-refractivity contribution in [3.63, 3.8) is 0 Å². The third kappa shape index (κ3) is 5.66. The second-order valence-corrected chi connectivity index (χ2v) is 12.1. The topological polar surface area (TPSA) is 175 Å². The average molecular weight is 656 g/mol. The van der Waals surface area contributed by atoms with E-state index in [0.29, 0.717) is 6.54 Å². The molecule has 0 amide bonds. The lowest BCUT2D eigenvalue weighted by Gasteiger charge is -2.44. The van der Waals surface area contributed by atoms with E-state index in [2.05, 4.69) is 5.32 Å². The number of ether oxygens (including phenoxy) is 3. The van der Waals surface area contributed by atoms with E-state index >= 15 is 0 Å². The van der Waals surface area contributed by atoms with Crippen LogP contribution < -0.4 is 10.1 Å². The molecule has 46 heavy (non-hydrogen) atoms. The van der Waals surface area contributed by atoms with Gasteiger partial charge in [0, 0.05) is 48.5 Å². The fourth-order valence-electron chi connectivity index (χ4n) is 6.75. The van der Waals surface area contributed by atoms with Crippen LogP contribution in [-0.4, -0.2) is 80.5 Å². The van der Waals surface area contributed by atoms with Crippen molar-refractivity contribution in [2.45, 2.75) is 82.0 Å². The number of carbonyl (C=O) groups excluding carboxylic acids is 2. The van der Waals surface area contributed by atoms with Gasteiger partial charge in [0.05, 0.1) is 53.8 Å². The zero-order chi connectivity index (χ0) is 32.2. The molecule has 3 aromatic carbocycles. The summed E-state index contributed by atoms with van der Waals surface area (Å²) in [7, 11) is 1.36. The van der Waals surface area contributed by atoms with Crippen LogP contribution in [-0.2, 0) is 22.4 Å². The molecule has 1 fully saturated rings. The lowest BCUT2D eigenvalue weighted by Crippen LogP contribution is -2.54. The number of fused-ring (bicyclic) bond motifs is 3. The molecule has 0 saturated carbocycles. The van der Waals surface area contributed by atoms with Crippen molar-refractivity contribution >= 4 is 24.0 Å². The Labute approximate surface area is 272 Å². The van der Waals surface area contributed by atoms with Crippen LogP contribution in [0.1, 0.15) is 81.3 Å². The lowest BCUT2D eigenvalue weighted by atomic mass is 9.71. The van der Waals surface area contributed by atoms with E-state index in [9.17, 15) is 35.1 Å². The summed E-state index contributed by atoms with van der Waals surface area (Å²) in [6.07, 6.45) is -5.25. The maximum absolute atomic E-state index is 13.8. The monoisotopic (exact) mass is 655 g/mol. The van der Waals surface area contributed by atoms with Gasteiger partial charge in [-0.05, 0) is 25.5 Å². The Morgan fingerprint density at radius 1 is 1.02 bits per heavy atom. The van der Waals surface area contributed by atoms with Gasteiger partial charge in [-0.25, -0.2) is 0 Å². The first-order chi connectivity index (χ1) is 21.4. The number of aliphatic hydroxyl groups is 3. The second kappa shape index (κ2) is 12.9. The van der Waals surface area contributed by atoms with E-state index in [1.165, 1.54) is 26.2 Å². The fourth-order valence-corrected chi connectivity index (χ4v) is 6.75. The summed E-state index contributed by atoms with van der Waals surface area (Å²) in [6, 6.07) is 13.7. The minimum Gasteiger partial charge on any atom is -0.507 e. The Morgan fingerprint density at radius 2 is 1.72 bits per heavy atom. The number of halogens is 1. The molecule has 12 heteroatoms. The van der Waals surface area contributed by atoms with Gasteiger partial charge in [0.1, 0.15) is 17.2 Å². The van der Waals surface area contributed by atoms with Crippen molar-refractivity contribution in [1.29, 1.82) is 0 Å². The van der Waals surface area contributed by atoms with Crippen molar-refractivity contribution in [1.82, 2.24) is 5.32 Å². The first-order valence-corrected chi connectivity index (χ1v) is 15.0. The summed E-state index contributed by atoms with van der Waals surface area (Å²) in [5.41, 5.74) is -1.59. The number of ketones is 2. The number of carbonyl (C=O) groups is 2. The summed E-state index contributed by atoms with van der Waals surface area (Å²) in [5.74, 6) is -2.40. The fraction of sp³-hybridized carbons (Fsp3) is 0.412. The molecule has 7 unspecified atom stereocenters. The molecule has 2 aliphatic carbocycles. The maximum atomic E-state index is 13.8. The Kier molecular flexibility index (Phi) is 9.49. The van der Waals surface area contributed by atoms with Crippen LogP contribution >= 0.6 is 12.4 Å². The highest BCUT2D eigenvalue weighted by molar-refractivity contribution is 6.31. The lowest BCUT2D eigenvalue weighted by molar-refractivity contribution is -0.253. The molecule has 6 rings (SSSR count). The number of rotatable bonds is 7. The van der Waals surface area contributed by atoms with Crippen LogP contribution in [0.5, 0.6) is 17.2 Å². The average Bonchev–Trinajstić information content (AvgIpc) is 3.02. The minimum absolute atomic E-state index is 0. The highest BCUT2D eigenvalue weighted by Crippen LogP contribution is 2.53. The third-order valence-corrected chi connectivity index (χ3v) is 9.32. The molecule has 3 aliphatic rings. The number of hydrogen-bond donors (Lipinski definition) is 6. The van der Waals surface area contributed by atoms with Crippen LogP contribution in [0.25, 0.3) is 0 Å². The predicted molar refractivity (Wildman–Crippen MR) is 168 cm³/mol. The molecule has 0 spiro atoms. The molecule has 11 nitrogen and oxygen atoms in total. The first-order valence-electron chi connectivity index (χ1n) is 15.0. The van der Waals surface area contributed by atoms with Crippen LogP contribution in [0, 0.1) is 0 Å². The molecule has 0 aromatic heterocycles. The molecular formula is C34H38ClNO10. The zero-order valence-corrected chi connectivity index (χ0v) is 26.4. The van der Waals surface area contributed by atoms with Crippen molar-refractivity contribution in [3.8, 4) is 17.2 Å². The van der Waals surface area contributed by atoms with Crippen molar-refractivity contribution in [3.05, 3.63) is 87.5 Å². The van der Waals surface area contributed by atoms with Gasteiger partial charge in [0.25, 0.3) is 0 Å². The number of benzene rings is 3. The quantitative estimate of drug-likeness (QED) is 0.161. The molecular weight excluding hydrogens is 618 g/mol. The SMILES string of the molecule is COc1cccc2c1C(=O)c1c(O)c3c(c(O)c1C2=O)CC(O)(C(C)O)CC3OC1CC(NCc2ccccc2)C(O)C(C)O1.Cl. The minimum atomic E-state index is -1.82. The summed E-state index contributed by atoms with van der Waals surface area (Å²) < 4.78 is 17.7. The van der Waals surface area contributed by atoms with Gasteiger partial charge in [-0.15, -0.1) is 12.4 Å². The van der Waals surface area contributed by atoms with E-state index in [1.807, 2.05) is 30.3 Å². The molecule has 1 heterocycles. The van der Waals surface area contributed by atoms with E-state index in [-0.39, 0.29) is 70.8 Å². The summed E-state index contributed by atoms with van der Waals surface area (Å²) in [4.78, 5) is 27.5. The second-order valence-electron chi connectivity index (χ2n) is 12.1. The number of hydrogen-bond acceptors (Lipinski definition) is 11.